The van der Waals surface area contributed by atoms with Crippen LogP contribution in [0.4, 0.5) is 5.69 Å². The second-order valence-electron chi connectivity index (χ2n) is 9.62. The molecular weight excluding hydrogens is 450 g/mol. The number of unbranched alkanes of at least 4 members (excludes halogenated alkanes) is 1. The molecule has 1 aromatic rings. The quantitative estimate of drug-likeness (QED) is 0.238. The molecule has 5 N–H and O–H groups in total. The molecule has 0 unspecified atom stereocenters. The average Bonchev–Trinajstić information content (AvgIpc) is 3.75. The van der Waals surface area contributed by atoms with E-state index in [9.17, 15) is 4.79 Å². The predicted octanol–water partition coefficient (Wildman–Crippen LogP) is 6.13. The molecule has 0 radical (unpaired) electrons. The molecule has 0 bridgehead atoms. The van der Waals surface area contributed by atoms with Crippen LogP contribution in [-0.4, -0.2) is 56.0 Å². The van der Waals surface area contributed by atoms with Gasteiger partial charge in [0.2, 0.25) is 0 Å². The maximum absolute atomic E-state index is 12.2. The number of ketones is 1. The Balaban J connectivity index is 0.000000682. The second-order valence-corrected chi connectivity index (χ2v) is 9.62. The Bertz CT molecular complexity index is 667. The van der Waals surface area contributed by atoms with Gasteiger partial charge in [0.05, 0.1) is 12.8 Å². The molecule has 0 atom stereocenters. The first-order chi connectivity index (χ1) is 17.2. The van der Waals surface area contributed by atoms with Gasteiger partial charge in [-0.3, -0.25) is 4.79 Å². The number of hydrogen-bond donors (Lipinski definition) is 2. The van der Waals surface area contributed by atoms with Crippen LogP contribution in [0.15, 0.2) is 18.2 Å². The number of nitrogen functional groups attached to an aromatic ring is 1. The third kappa shape index (κ3) is 14.2. The van der Waals surface area contributed by atoms with Gasteiger partial charge in [-0.2, -0.15) is 0 Å². The summed E-state index contributed by atoms with van der Waals surface area (Å²) in [7, 11) is 1.57. The second kappa shape index (κ2) is 21.5. The topological polar surface area (TPSA) is 99.1 Å². The van der Waals surface area contributed by atoms with Crippen LogP contribution in [0, 0.1) is 11.8 Å². The van der Waals surface area contributed by atoms with Crippen LogP contribution >= 0.6 is 0 Å². The highest BCUT2D eigenvalue weighted by Gasteiger charge is 2.24. The molecule has 1 heterocycles. The largest absolute Gasteiger partial charge is 0.495 e. The van der Waals surface area contributed by atoms with Crippen molar-refractivity contribution >= 4 is 11.5 Å². The monoisotopic (exact) mass is 507 g/mol. The number of carbonyl (C=O) groups excluding carboxylic acids is 1. The van der Waals surface area contributed by atoms with Crippen molar-refractivity contribution < 1.29 is 15.0 Å². The highest BCUT2D eigenvalue weighted by molar-refractivity contribution is 5.96. The Morgan fingerprint density at radius 3 is 2.19 bits per heavy atom. The minimum Gasteiger partial charge on any atom is -0.495 e. The number of rotatable bonds is 9. The number of nitrogens with zero attached hydrogens (tertiary/aromatic N) is 1. The lowest BCUT2D eigenvalue weighted by Gasteiger charge is -2.26. The molecule has 4 rings (SSSR count). The molecule has 1 aromatic carbocycles. The van der Waals surface area contributed by atoms with Crippen LogP contribution in [0.2, 0.25) is 0 Å². The average molecular weight is 508 g/mol. The smallest absolute Gasteiger partial charge is 0.163 e. The van der Waals surface area contributed by atoms with Gasteiger partial charge in [0.25, 0.3) is 0 Å². The molecule has 36 heavy (non-hydrogen) atoms. The fraction of sp³-hybridized carbons (Fsp3) is 0.767. The van der Waals surface area contributed by atoms with Gasteiger partial charge >= 0.3 is 0 Å². The van der Waals surface area contributed by atoms with E-state index in [-0.39, 0.29) is 11.3 Å². The molecule has 3 aliphatic rings. The van der Waals surface area contributed by atoms with E-state index >= 15 is 0 Å². The van der Waals surface area contributed by atoms with E-state index in [1.807, 2.05) is 27.7 Å². The molecule has 6 heteroatoms. The maximum atomic E-state index is 12.2. The number of benzene rings is 1. The number of ether oxygens (including phenoxy) is 1. The lowest BCUT2D eigenvalue weighted by atomic mass is 9.85. The Labute approximate surface area is 222 Å². The van der Waals surface area contributed by atoms with Gasteiger partial charge in [-0.25, -0.2) is 0 Å². The number of Topliss-reactive ketones (excluding diaryl/α,β-unsaturated/α-hetero) is 1. The van der Waals surface area contributed by atoms with E-state index in [1.165, 1.54) is 90.5 Å². The summed E-state index contributed by atoms with van der Waals surface area (Å²) in [6.07, 6.45) is 14.0. The van der Waals surface area contributed by atoms with E-state index in [1.54, 1.807) is 25.3 Å². The highest BCUT2D eigenvalue weighted by Crippen LogP contribution is 2.30. The standard InChI is InChI=1S/C18H27NO2.C8H16N2.2C2H6.H2O/c1-21-18-13-15(11-12-16(18)19)17(20)10-6-5-9-14-7-3-2-4-8-14;1-2-8(1)7-10-5-3-9-4-6-10;2*1-2;/h11-14H,2-10,19H2,1H3;8-9H,1-7H2;2*1-2H3;1H2. The van der Waals surface area contributed by atoms with E-state index in [4.69, 9.17) is 10.5 Å². The maximum Gasteiger partial charge on any atom is 0.163 e. The van der Waals surface area contributed by atoms with E-state index in [0.29, 0.717) is 23.4 Å². The molecule has 0 spiro atoms. The molecule has 0 aromatic heterocycles. The SMILES string of the molecule is C1CN(CC2CC2)CCN1.CC.CC.COc1cc(C(=O)CCCCC2CCCCC2)ccc1N.O. The van der Waals surface area contributed by atoms with E-state index < -0.39 is 0 Å². The molecule has 2 aliphatic carbocycles. The lowest BCUT2D eigenvalue weighted by molar-refractivity contribution is 0.0978. The molecule has 3 fully saturated rings. The van der Waals surface area contributed by atoms with Gasteiger partial charge in [-0.1, -0.05) is 72.6 Å². The number of anilines is 1. The number of hydrogen-bond acceptors (Lipinski definition) is 5. The van der Waals surface area contributed by atoms with Gasteiger partial charge in [0.1, 0.15) is 5.75 Å². The zero-order chi connectivity index (χ0) is 25.9. The van der Waals surface area contributed by atoms with Crippen LogP contribution in [0.3, 0.4) is 0 Å². The summed E-state index contributed by atoms with van der Waals surface area (Å²) in [5.41, 5.74) is 7.05. The molecule has 6 nitrogen and oxygen atoms in total. The summed E-state index contributed by atoms with van der Waals surface area (Å²) >= 11 is 0. The van der Waals surface area contributed by atoms with Crippen molar-refractivity contribution in [3.05, 3.63) is 23.8 Å². The Morgan fingerprint density at radius 1 is 0.972 bits per heavy atom. The van der Waals surface area contributed by atoms with Crippen molar-refractivity contribution in [3.63, 3.8) is 0 Å². The molecule has 2 saturated carbocycles. The van der Waals surface area contributed by atoms with Crippen molar-refractivity contribution in [2.75, 3.05) is 45.6 Å². The zero-order valence-electron chi connectivity index (χ0n) is 24.0. The van der Waals surface area contributed by atoms with Crippen LogP contribution < -0.4 is 15.8 Å². The molecule has 0 amide bonds. The minimum absolute atomic E-state index is 0. The van der Waals surface area contributed by atoms with Crippen molar-refractivity contribution in [1.29, 1.82) is 0 Å². The molecule has 210 valence electrons. The predicted molar refractivity (Wildman–Crippen MR) is 155 cm³/mol. The third-order valence-corrected chi connectivity index (χ3v) is 6.97. The Hall–Kier alpha value is -1.63. The van der Waals surface area contributed by atoms with Crippen LogP contribution in [0.25, 0.3) is 0 Å². The first-order valence-corrected chi connectivity index (χ1v) is 14.6. The fourth-order valence-corrected chi connectivity index (χ4v) is 4.78. The van der Waals surface area contributed by atoms with E-state index in [0.717, 1.165) is 18.3 Å². The summed E-state index contributed by atoms with van der Waals surface area (Å²) < 4.78 is 5.16. The fourth-order valence-electron chi connectivity index (χ4n) is 4.78. The number of nitrogens with one attached hydrogen (secondary N) is 1. The Morgan fingerprint density at radius 2 is 1.61 bits per heavy atom. The van der Waals surface area contributed by atoms with Crippen LogP contribution in [0.5, 0.6) is 5.75 Å². The third-order valence-electron chi connectivity index (χ3n) is 6.97. The number of nitrogens with two attached hydrogens (primary N) is 1. The lowest BCUT2D eigenvalue weighted by Crippen LogP contribution is -2.44. The van der Waals surface area contributed by atoms with Crippen molar-refractivity contribution in [3.8, 4) is 5.75 Å². The molecule has 1 aliphatic heterocycles. The summed E-state index contributed by atoms with van der Waals surface area (Å²) in [6, 6.07) is 5.29. The van der Waals surface area contributed by atoms with Crippen molar-refractivity contribution in [2.45, 2.75) is 98.3 Å². The molecule has 1 saturated heterocycles. The summed E-state index contributed by atoms with van der Waals surface area (Å²) in [4.78, 5) is 14.8. The van der Waals surface area contributed by atoms with Gasteiger partial charge in [-0.05, 0) is 49.3 Å². The number of carbonyl (C=O) groups is 1. The summed E-state index contributed by atoms with van der Waals surface area (Å²) in [5.74, 6) is 2.75. The molecular formula is C30H57N3O3. The Kier molecular flexibility index (Phi) is 20.5. The van der Waals surface area contributed by atoms with Gasteiger partial charge in [-0.15, -0.1) is 0 Å². The zero-order valence-corrected chi connectivity index (χ0v) is 24.0. The first-order valence-electron chi connectivity index (χ1n) is 14.6. The van der Waals surface area contributed by atoms with E-state index in [2.05, 4.69) is 10.2 Å². The van der Waals surface area contributed by atoms with Gasteiger partial charge < -0.3 is 26.2 Å². The van der Waals surface area contributed by atoms with Gasteiger partial charge in [0.15, 0.2) is 5.78 Å². The van der Waals surface area contributed by atoms with Crippen molar-refractivity contribution in [1.82, 2.24) is 10.2 Å². The first kappa shape index (κ1) is 34.4. The minimum atomic E-state index is 0. The highest BCUT2D eigenvalue weighted by atomic mass is 16.5. The van der Waals surface area contributed by atoms with Crippen molar-refractivity contribution in [2.24, 2.45) is 11.8 Å². The van der Waals surface area contributed by atoms with Crippen LogP contribution in [0.1, 0.15) is 109 Å². The summed E-state index contributed by atoms with van der Waals surface area (Å²) in [6.45, 7) is 14.3. The number of methoxy groups -OCH3 is 1. The normalized spacial score (nSPS) is 17.6. The number of piperazine rings is 1. The van der Waals surface area contributed by atoms with Crippen LogP contribution in [-0.2, 0) is 0 Å². The summed E-state index contributed by atoms with van der Waals surface area (Å²) in [5, 5.41) is 3.37. The van der Waals surface area contributed by atoms with Gasteiger partial charge in [0, 0.05) is 44.7 Å².